The van der Waals surface area contributed by atoms with Crippen molar-refractivity contribution in [2.24, 2.45) is 5.41 Å². The Labute approximate surface area is 160 Å². The molecule has 1 aliphatic rings. The summed E-state index contributed by atoms with van der Waals surface area (Å²) >= 11 is 0.857. The fourth-order valence-electron chi connectivity index (χ4n) is 3.18. The molecule has 2 heterocycles. The highest BCUT2D eigenvalue weighted by Gasteiger charge is 2.33. The zero-order chi connectivity index (χ0) is 19.7. The molecule has 1 fully saturated rings. The monoisotopic (exact) mass is 397 g/mol. The van der Waals surface area contributed by atoms with Gasteiger partial charge in [0.05, 0.1) is 16.8 Å². The van der Waals surface area contributed by atoms with Gasteiger partial charge in [0, 0.05) is 18.0 Å². The minimum atomic E-state index is -4.45. The molecule has 1 N–H and O–H groups in total. The molecule has 1 aromatic heterocycles. The average Bonchev–Trinajstić information content (AvgIpc) is 2.63. The van der Waals surface area contributed by atoms with Crippen LogP contribution in [0.5, 0.6) is 0 Å². The number of benzene rings is 1. The van der Waals surface area contributed by atoms with Crippen LogP contribution in [0.2, 0.25) is 0 Å². The van der Waals surface area contributed by atoms with E-state index in [2.05, 4.69) is 23.8 Å². The smallest absolute Gasteiger partial charge is 0.352 e. The van der Waals surface area contributed by atoms with Crippen LogP contribution in [0.4, 0.5) is 19.0 Å². The summed E-state index contributed by atoms with van der Waals surface area (Å²) in [6.07, 6.45) is 0.0537. The quantitative estimate of drug-likeness (QED) is 0.793. The van der Waals surface area contributed by atoms with Crippen molar-refractivity contribution in [2.75, 3.05) is 18.0 Å². The van der Waals surface area contributed by atoms with Crippen LogP contribution in [-0.4, -0.2) is 23.1 Å². The van der Waals surface area contributed by atoms with Gasteiger partial charge in [-0.05, 0) is 30.4 Å². The SMILES string of the molecule is CCC1(C)CCN(c2ncc(Sc3ccccc3C(F)(F)F)[nH]c2=O)CC1. The number of hydrogen-bond acceptors (Lipinski definition) is 4. The number of anilines is 1. The number of nitrogens with one attached hydrogen (secondary N) is 1. The predicted molar refractivity (Wildman–Crippen MR) is 100 cm³/mol. The molecule has 27 heavy (non-hydrogen) atoms. The molecule has 2 aromatic rings. The van der Waals surface area contributed by atoms with Crippen LogP contribution in [0.15, 0.2) is 45.2 Å². The third-order valence-electron chi connectivity index (χ3n) is 5.28. The van der Waals surface area contributed by atoms with E-state index in [0.717, 1.165) is 50.2 Å². The summed E-state index contributed by atoms with van der Waals surface area (Å²) in [4.78, 5) is 21.3. The lowest BCUT2D eigenvalue weighted by Crippen LogP contribution is -2.41. The van der Waals surface area contributed by atoms with E-state index in [1.54, 1.807) is 0 Å². The highest BCUT2D eigenvalue weighted by atomic mass is 32.2. The molecule has 0 bridgehead atoms. The molecule has 1 aliphatic heterocycles. The van der Waals surface area contributed by atoms with E-state index in [1.165, 1.54) is 24.4 Å². The molecule has 4 nitrogen and oxygen atoms in total. The number of alkyl halides is 3. The summed E-state index contributed by atoms with van der Waals surface area (Å²) in [5.74, 6) is 0.335. The van der Waals surface area contributed by atoms with E-state index in [9.17, 15) is 18.0 Å². The van der Waals surface area contributed by atoms with Crippen LogP contribution in [0.1, 0.15) is 38.7 Å². The molecule has 1 saturated heterocycles. The molecule has 8 heteroatoms. The van der Waals surface area contributed by atoms with Crippen LogP contribution < -0.4 is 10.5 Å². The van der Waals surface area contributed by atoms with Crippen molar-refractivity contribution in [3.63, 3.8) is 0 Å². The third kappa shape index (κ3) is 4.48. The van der Waals surface area contributed by atoms with Crippen molar-refractivity contribution in [3.8, 4) is 0 Å². The first-order valence-electron chi connectivity index (χ1n) is 8.90. The van der Waals surface area contributed by atoms with Gasteiger partial charge in [-0.2, -0.15) is 13.2 Å². The molecular formula is C19H22F3N3OS. The maximum Gasteiger partial charge on any atom is 0.417 e. The van der Waals surface area contributed by atoms with Crippen molar-refractivity contribution >= 4 is 17.6 Å². The summed E-state index contributed by atoms with van der Waals surface area (Å²) in [6.45, 7) is 5.93. The van der Waals surface area contributed by atoms with Crippen molar-refractivity contribution in [3.05, 3.63) is 46.4 Å². The first-order valence-corrected chi connectivity index (χ1v) is 9.72. The zero-order valence-corrected chi connectivity index (χ0v) is 16.1. The van der Waals surface area contributed by atoms with Crippen molar-refractivity contribution in [1.82, 2.24) is 9.97 Å². The number of rotatable bonds is 4. The number of nitrogens with zero attached hydrogens (tertiary/aromatic N) is 2. The Balaban J connectivity index is 1.78. The Kier molecular flexibility index (Phi) is 5.55. The van der Waals surface area contributed by atoms with Gasteiger partial charge in [0.2, 0.25) is 0 Å². The summed E-state index contributed by atoms with van der Waals surface area (Å²) < 4.78 is 39.4. The van der Waals surface area contributed by atoms with Gasteiger partial charge in [0.15, 0.2) is 5.82 Å². The first kappa shape index (κ1) is 19.8. The van der Waals surface area contributed by atoms with Crippen LogP contribution >= 0.6 is 11.8 Å². The van der Waals surface area contributed by atoms with E-state index in [-0.39, 0.29) is 15.5 Å². The van der Waals surface area contributed by atoms with Gasteiger partial charge in [0.1, 0.15) is 0 Å². The number of hydrogen-bond donors (Lipinski definition) is 1. The lowest BCUT2D eigenvalue weighted by Gasteiger charge is -2.39. The summed E-state index contributed by atoms with van der Waals surface area (Å²) in [7, 11) is 0. The van der Waals surface area contributed by atoms with Crippen molar-refractivity contribution in [2.45, 2.75) is 49.2 Å². The second kappa shape index (κ2) is 7.58. The standard InChI is InChI=1S/C19H22F3N3OS/c1-3-18(2)8-10-25(11-9-18)16-17(26)24-15(12-23-16)27-14-7-5-4-6-13(14)19(20,21)22/h4-7,12H,3,8-11H2,1-2H3,(H,24,26). The highest BCUT2D eigenvalue weighted by molar-refractivity contribution is 7.99. The molecule has 3 rings (SSSR count). The Bertz CT molecular complexity index is 858. The van der Waals surface area contributed by atoms with Gasteiger partial charge in [-0.1, -0.05) is 44.2 Å². The lowest BCUT2D eigenvalue weighted by molar-refractivity contribution is -0.139. The number of aromatic amines is 1. The molecule has 146 valence electrons. The minimum absolute atomic E-state index is 0.0342. The fraction of sp³-hybridized carbons (Fsp3) is 0.474. The van der Waals surface area contributed by atoms with Crippen molar-refractivity contribution < 1.29 is 13.2 Å². The lowest BCUT2D eigenvalue weighted by atomic mass is 9.78. The van der Waals surface area contributed by atoms with Gasteiger partial charge >= 0.3 is 6.18 Å². The number of aromatic nitrogens is 2. The highest BCUT2D eigenvalue weighted by Crippen LogP contribution is 2.39. The molecule has 0 spiro atoms. The van der Waals surface area contributed by atoms with Gasteiger partial charge in [-0.15, -0.1) is 0 Å². The van der Waals surface area contributed by atoms with Gasteiger partial charge < -0.3 is 9.88 Å². The Morgan fingerprint density at radius 1 is 1.26 bits per heavy atom. The van der Waals surface area contributed by atoms with E-state index in [4.69, 9.17) is 0 Å². The molecule has 0 unspecified atom stereocenters. The molecule has 0 saturated carbocycles. The van der Waals surface area contributed by atoms with Crippen LogP contribution in [0, 0.1) is 5.41 Å². The fourth-order valence-corrected chi connectivity index (χ4v) is 4.10. The van der Waals surface area contributed by atoms with E-state index < -0.39 is 11.7 Å². The summed E-state index contributed by atoms with van der Waals surface area (Å²) in [5, 5.41) is 0.288. The van der Waals surface area contributed by atoms with Gasteiger partial charge in [-0.25, -0.2) is 4.98 Å². The third-order valence-corrected chi connectivity index (χ3v) is 6.28. The zero-order valence-electron chi connectivity index (χ0n) is 15.3. The largest absolute Gasteiger partial charge is 0.417 e. The molecule has 1 aromatic carbocycles. The summed E-state index contributed by atoms with van der Waals surface area (Å²) in [6, 6.07) is 5.30. The Morgan fingerprint density at radius 2 is 1.93 bits per heavy atom. The average molecular weight is 397 g/mol. The second-order valence-electron chi connectivity index (χ2n) is 7.15. The maximum absolute atomic E-state index is 13.1. The normalized spacial score (nSPS) is 17.1. The molecule has 0 amide bonds. The van der Waals surface area contributed by atoms with E-state index in [1.807, 2.05) is 4.90 Å². The van der Waals surface area contributed by atoms with Gasteiger partial charge in [-0.3, -0.25) is 4.79 Å². The molecule has 0 radical (unpaired) electrons. The summed E-state index contributed by atoms with van der Waals surface area (Å²) in [5.41, 5.74) is -0.806. The van der Waals surface area contributed by atoms with Crippen LogP contribution in [-0.2, 0) is 6.18 Å². The maximum atomic E-state index is 13.1. The molecule has 0 aliphatic carbocycles. The predicted octanol–water partition coefficient (Wildman–Crippen LogP) is 4.96. The van der Waals surface area contributed by atoms with Crippen LogP contribution in [0.3, 0.4) is 0 Å². The van der Waals surface area contributed by atoms with E-state index >= 15 is 0 Å². The Morgan fingerprint density at radius 3 is 2.52 bits per heavy atom. The number of H-pyrrole nitrogens is 1. The topological polar surface area (TPSA) is 49.0 Å². The number of halogens is 3. The number of piperidine rings is 1. The second-order valence-corrected chi connectivity index (χ2v) is 8.23. The van der Waals surface area contributed by atoms with Crippen molar-refractivity contribution in [1.29, 1.82) is 0 Å². The minimum Gasteiger partial charge on any atom is -0.352 e. The van der Waals surface area contributed by atoms with Crippen LogP contribution in [0.25, 0.3) is 0 Å². The molecule has 0 atom stereocenters. The Hall–Kier alpha value is -1.96. The first-order chi connectivity index (χ1) is 12.7. The van der Waals surface area contributed by atoms with E-state index in [0.29, 0.717) is 11.2 Å². The van der Waals surface area contributed by atoms with Gasteiger partial charge in [0.25, 0.3) is 5.56 Å². The molecular weight excluding hydrogens is 375 g/mol.